The van der Waals surface area contributed by atoms with E-state index in [1.54, 1.807) is 0 Å². The SMILES string of the molecule is CCCOC(C)CCCNCC. The molecule has 0 fully saturated rings. The maximum Gasteiger partial charge on any atom is 0.0547 e. The zero-order valence-corrected chi connectivity index (χ0v) is 8.73. The van der Waals surface area contributed by atoms with E-state index in [1.165, 1.54) is 12.8 Å². The van der Waals surface area contributed by atoms with Crippen LogP contribution in [0.1, 0.15) is 40.0 Å². The van der Waals surface area contributed by atoms with Gasteiger partial charge >= 0.3 is 0 Å². The molecule has 12 heavy (non-hydrogen) atoms. The summed E-state index contributed by atoms with van der Waals surface area (Å²) >= 11 is 0. The highest BCUT2D eigenvalue weighted by atomic mass is 16.5. The number of hydrogen-bond acceptors (Lipinski definition) is 2. The summed E-state index contributed by atoms with van der Waals surface area (Å²) in [6.07, 6.45) is 3.95. The Morgan fingerprint density at radius 2 is 2.08 bits per heavy atom. The molecule has 0 aliphatic carbocycles. The van der Waals surface area contributed by atoms with E-state index < -0.39 is 0 Å². The van der Waals surface area contributed by atoms with Crippen LogP contribution < -0.4 is 5.32 Å². The van der Waals surface area contributed by atoms with Gasteiger partial charge in [0.1, 0.15) is 0 Å². The summed E-state index contributed by atoms with van der Waals surface area (Å²) in [5, 5.41) is 3.30. The van der Waals surface area contributed by atoms with Crippen molar-refractivity contribution in [2.75, 3.05) is 19.7 Å². The van der Waals surface area contributed by atoms with Gasteiger partial charge in [-0.25, -0.2) is 0 Å². The molecule has 0 rings (SSSR count). The summed E-state index contributed by atoms with van der Waals surface area (Å²) in [5.74, 6) is 0. The Bertz CT molecular complexity index is 85.9. The van der Waals surface area contributed by atoms with E-state index in [0.717, 1.165) is 26.1 Å². The van der Waals surface area contributed by atoms with Crippen LogP contribution in [0.25, 0.3) is 0 Å². The third-order valence-electron chi connectivity index (χ3n) is 1.82. The van der Waals surface area contributed by atoms with E-state index in [1.807, 2.05) is 0 Å². The van der Waals surface area contributed by atoms with Crippen molar-refractivity contribution < 1.29 is 4.74 Å². The topological polar surface area (TPSA) is 21.3 Å². The predicted octanol–water partition coefficient (Wildman–Crippen LogP) is 2.19. The van der Waals surface area contributed by atoms with Crippen molar-refractivity contribution in [3.63, 3.8) is 0 Å². The average Bonchev–Trinajstić information content (AvgIpc) is 2.09. The highest BCUT2D eigenvalue weighted by molar-refractivity contribution is 4.52. The zero-order valence-electron chi connectivity index (χ0n) is 8.73. The molecule has 1 N–H and O–H groups in total. The molecule has 0 amide bonds. The van der Waals surface area contributed by atoms with Gasteiger partial charge in [0, 0.05) is 6.61 Å². The Kier molecular flexibility index (Phi) is 8.95. The molecule has 0 aliphatic heterocycles. The second-order valence-corrected chi connectivity index (χ2v) is 3.18. The molecule has 0 heterocycles. The van der Waals surface area contributed by atoms with Gasteiger partial charge in [-0.2, -0.15) is 0 Å². The quantitative estimate of drug-likeness (QED) is 0.568. The van der Waals surface area contributed by atoms with Crippen molar-refractivity contribution in [2.24, 2.45) is 0 Å². The summed E-state index contributed by atoms with van der Waals surface area (Å²) in [5.41, 5.74) is 0. The largest absolute Gasteiger partial charge is 0.379 e. The molecule has 2 nitrogen and oxygen atoms in total. The molecular weight excluding hydrogens is 150 g/mol. The van der Waals surface area contributed by atoms with E-state index in [9.17, 15) is 0 Å². The smallest absolute Gasteiger partial charge is 0.0547 e. The molecular formula is C10H23NO. The van der Waals surface area contributed by atoms with Crippen molar-refractivity contribution in [3.05, 3.63) is 0 Å². The predicted molar refractivity (Wildman–Crippen MR) is 53.5 cm³/mol. The summed E-state index contributed by atoms with van der Waals surface area (Å²) < 4.78 is 5.54. The standard InChI is InChI=1S/C10H23NO/c1-4-9-12-10(3)7-6-8-11-5-2/h10-11H,4-9H2,1-3H3. The van der Waals surface area contributed by atoms with Crippen molar-refractivity contribution >= 4 is 0 Å². The molecule has 0 aliphatic rings. The van der Waals surface area contributed by atoms with Crippen molar-refractivity contribution in [2.45, 2.75) is 46.1 Å². The van der Waals surface area contributed by atoms with E-state index in [2.05, 4.69) is 26.1 Å². The average molecular weight is 173 g/mol. The first-order valence-corrected chi connectivity index (χ1v) is 5.13. The molecule has 74 valence electrons. The van der Waals surface area contributed by atoms with Gasteiger partial charge in [-0.3, -0.25) is 0 Å². The fourth-order valence-electron chi connectivity index (χ4n) is 1.09. The lowest BCUT2D eigenvalue weighted by Gasteiger charge is -2.11. The molecule has 0 bridgehead atoms. The fourth-order valence-corrected chi connectivity index (χ4v) is 1.09. The molecule has 0 aromatic carbocycles. The molecule has 2 heteroatoms. The molecule has 1 unspecified atom stereocenters. The Balaban J connectivity index is 3.02. The van der Waals surface area contributed by atoms with Gasteiger partial charge in [0.2, 0.25) is 0 Å². The van der Waals surface area contributed by atoms with Crippen LogP contribution >= 0.6 is 0 Å². The highest BCUT2D eigenvalue weighted by Gasteiger charge is 1.99. The highest BCUT2D eigenvalue weighted by Crippen LogP contribution is 2.00. The molecule has 0 saturated heterocycles. The summed E-state index contributed by atoms with van der Waals surface area (Å²) in [7, 11) is 0. The second kappa shape index (κ2) is 9.01. The Hall–Kier alpha value is -0.0800. The third kappa shape index (κ3) is 8.02. The maximum atomic E-state index is 5.54. The minimum Gasteiger partial charge on any atom is -0.379 e. The maximum absolute atomic E-state index is 5.54. The Morgan fingerprint density at radius 1 is 1.33 bits per heavy atom. The molecule has 0 aromatic heterocycles. The van der Waals surface area contributed by atoms with Gasteiger partial charge in [0.25, 0.3) is 0 Å². The van der Waals surface area contributed by atoms with Crippen LogP contribution in [0, 0.1) is 0 Å². The van der Waals surface area contributed by atoms with Crippen molar-refractivity contribution in [1.29, 1.82) is 0 Å². The van der Waals surface area contributed by atoms with Crippen LogP contribution in [-0.4, -0.2) is 25.8 Å². The number of rotatable bonds is 8. The monoisotopic (exact) mass is 173 g/mol. The van der Waals surface area contributed by atoms with Crippen LogP contribution in [0.4, 0.5) is 0 Å². The van der Waals surface area contributed by atoms with Gasteiger partial charge in [-0.1, -0.05) is 13.8 Å². The van der Waals surface area contributed by atoms with Crippen LogP contribution in [-0.2, 0) is 4.74 Å². The van der Waals surface area contributed by atoms with Gasteiger partial charge in [-0.15, -0.1) is 0 Å². The third-order valence-corrected chi connectivity index (χ3v) is 1.82. The minimum atomic E-state index is 0.434. The first-order valence-electron chi connectivity index (χ1n) is 5.13. The van der Waals surface area contributed by atoms with E-state index >= 15 is 0 Å². The van der Waals surface area contributed by atoms with Crippen LogP contribution in [0.2, 0.25) is 0 Å². The molecule has 0 aromatic rings. The van der Waals surface area contributed by atoms with Gasteiger partial charge in [-0.05, 0) is 39.3 Å². The van der Waals surface area contributed by atoms with Crippen molar-refractivity contribution in [1.82, 2.24) is 5.32 Å². The lowest BCUT2D eigenvalue weighted by atomic mass is 10.2. The summed E-state index contributed by atoms with van der Waals surface area (Å²) in [6, 6.07) is 0. The van der Waals surface area contributed by atoms with E-state index in [0.29, 0.717) is 6.10 Å². The molecule has 1 atom stereocenters. The number of hydrogen-bond donors (Lipinski definition) is 1. The molecule has 0 radical (unpaired) electrons. The van der Waals surface area contributed by atoms with Crippen molar-refractivity contribution in [3.8, 4) is 0 Å². The Labute approximate surface area is 76.7 Å². The van der Waals surface area contributed by atoms with E-state index in [4.69, 9.17) is 4.74 Å². The number of nitrogens with one attached hydrogen (secondary N) is 1. The first kappa shape index (κ1) is 11.9. The summed E-state index contributed by atoms with van der Waals surface area (Å²) in [4.78, 5) is 0. The van der Waals surface area contributed by atoms with Crippen LogP contribution in [0.5, 0.6) is 0 Å². The van der Waals surface area contributed by atoms with Gasteiger partial charge < -0.3 is 10.1 Å². The van der Waals surface area contributed by atoms with Gasteiger partial charge in [0.05, 0.1) is 6.10 Å². The summed E-state index contributed by atoms with van der Waals surface area (Å²) in [6.45, 7) is 9.53. The fraction of sp³-hybridized carbons (Fsp3) is 1.00. The minimum absolute atomic E-state index is 0.434. The second-order valence-electron chi connectivity index (χ2n) is 3.18. The lowest BCUT2D eigenvalue weighted by Crippen LogP contribution is -2.17. The number of ether oxygens (including phenoxy) is 1. The van der Waals surface area contributed by atoms with Crippen LogP contribution in [0.15, 0.2) is 0 Å². The molecule has 0 saturated carbocycles. The molecule has 0 spiro atoms. The van der Waals surface area contributed by atoms with Gasteiger partial charge in [0.15, 0.2) is 0 Å². The first-order chi connectivity index (χ1) is 5.81. The van der Waals surface area contributed by atoms with Crippen LogP contribution in [0.3, 0.4) is 0 Å². The van der Waals surface area contributed by atoms with E-state index in [-0.39, 0.29) is 0 Å². The lowest BCUT2D eigenvalue weighted by molar-refractivity contribution is 0.0595. The normalized spacial score (nSPS) is 13.2. The zero-order chi connectivity index (χ0) is 9.23. The Morgan fingerprint density at radius 3 is 2.67 bits per heavy atom.